The largest absolute Gasteiger partial charge is 0.465 e. The number of carbonyl (C=O) groups is 1. The lowest BCUT2D eigenvalue weighted by molar-refractivity contribution is 0.0677. The van der Waals surface area contributed by atoms with Crippen molar-refractivity contribution in [3.63, 3.8) is 0 Å². The molecule has 3 N–H and O–H groups in total. The van der Waals surface area contributed by atoms with Crippen LogP contribution in [0.1, 0.15) is 56.0 Å². The summed E-state index contributed by atoms with van der Waals surface area (Å²) in [6.45, 7) is 15.7. The van der Waals surface area contributed by atoms with Gasteiger partial charge in [-0.3, -0.25) is 0 Å². The average molecular weight is 603 g/mol. The van der Waals surface area contributed by atoms with Crippen molar-refractivity contribution < 1.29 is 23.8 Å². The normalized spacial score (nSPS) is 18.0. The molecule has 3 aromatic carbocycles. The molecule has 0 radical (unpaired) electrons. The van der Waals surface area contributed by atoms with Crippen molar-refractivity contribution in [3.8, 4) is 11.5 Å². The Balaban J connectivity index is 1.62. The molecular formula is C35H46N2O5Si. The second-order valence-corrected chi connectivity index (χ2v) is 17.4. The zero-order chi connectivity index (χ0) is 31.0. The summed E-state index contributed by atoms with van der Waals surface area (Å²) >= 11 is 0. The summed E-state index contributed by atoms with van der Waals surface area (Å²) < 4.78 is 19.3. The standard InChI is InChI=1S/C35H46N2O5Si/c1-7-20-40-32-23-30(29-22-27(18-19-28(29)32)41-26-16-12-9-13-17-26)36-24-33(42-43(5,6)35(2,3)4)31(37-34(38)39)21-25-14-10-8-11-15-25/h7-19,22,30-33,36-37H,1,20-21,23-24H2,2-6H3,(H,38,39)/t30?,31-,32?,33+/m0/s1. The second kappa shape index (κ2) is 14.4. The predicted octanol–water partition coefficient (Wildman–Crippen LogP) is 8.03. The molecule has 1 aliphatic carbocycles. The summed E-state index contributed by atoms with van der Waals surface area (Å²) in [7, 11) is -2.26. The van der Waals surface area contributed by atoms with Crippen LogP contribution in [0.3, 0.4) is 0 Å². The molecule has 0 spiro atoms. The van der Waals surface area contributed by atoms with Crippen molar-refractivity contribution in [3.05, 3.63) is 108 Å². The molecular weight excluding hydrogens is 556 g/mol. The van der Waals surface area contributed by atoms with Gasteiger partial charge < -0.3 is 29.6 Å². The van der Waals surface area contributed by atoms with Gasteiger partial charge in [-0.15, -0.1) is 6.58 Å². The van der Waals surface area contributed by atoms with Crippen LogP contribution >= 0.6 is 0 Å². The van der Waals surface area contributed by atoms with E-state index in [0.717, 1.165) is 34.6 Å². The molecule has 0 saturated carbocycles. The molecule has 230 valence electrons. The van der Waals surface area contributed by atoms with E-state index >= 15 is 0 Å². The SMILES string of the molecule is C=CCOC1CC(NC[C@@H](O[Si](C)(C)C(C)(C)C)[C@H](Cc2ccccc2)NC(=O)O)c2cc(Oc3ccccc3)ccc21. The van der Waals surface area contributed by atoms with E-state index in [1.807, 2.05) is 66.7 Å². The molecule has 0 bridgehead atoms. The van der Waals surface area contributed by atoms with Crippen molar-refractivity contribution in [2.45, 2.75) is 76.0 Å². The Morgan fingerprint density at radius 3 is 2.33 bits per heavy atom. The van der Waals surface area contributed by atoms with E-state index in [1.165, 1.54) is 0 Å². The lowest BCUT2D eigenvalue weighted by atomic mass is 10.0. The molecule has 4 atom stereocenters. The lowest BCUT2D eigenvalue weighted by Gasteiger charge is -2.42. The molecule has 7 nitrogen and oxygen atoms in total. The van der Waals surface area contributed by atoms with Gasteiger partial charge in [-0.1, -0.05) is 81.4 Å². The Morgan fingerprint density at radius 1 is 1.02 bits per heavy atom. The average Bonchev–Trinajstić information content (AvgIpc) is 3.30. The first-order valence-corrected chi connectivity index (χ1v) is 17.9. The number of para-hydroxylation sites is 1. The zero-order valence-corrected chi connectivity index (χ0v) is 27.0. The van der Waals surface area contributed by atoms with E-state index in [0.29, 0.717) is 19.6 Å². The van der Waals surface area contributed by atoms with Gasteiger partial charge in [0.05, 0.1) is 24.9 Å². The van der Waals surface area contributed by atoms with Gasteiger partial charge in [0.15, 0.2) is 8.32 Å². The van der Waals surface area contributed by atoms with Crippen LogP contribution in [0.5, 0.6) is 11.5 Å². The Labute approximate surface area is 257 Å². The maximum atomic E-state index is 12.0. The van der Waals surface area contributed by atoms with E-state index in [2.05, 4.69) is 63.2 Å². The van der Waals surface area contributed by atoms with Gasteiger partial charge in [0.2, 0.25) is 0 Å². The highest BCUT2D eigenvalue weighted by molar-refractivity contribution is 6.74. The number of ether oxygens (including phenoxy) is 2. The van der Waals surface area contributed by atoms with E-state index in [-0.39, 0.29) is 17.2 Å². The summed E-state index contributed by atoms with van der Waals surface area (Å²) in [5.41, 5.74) is 3.28. The third-order valence-corrected chi connectivity index (χ3v) is 13.0. The number of nitrogens with one attached hydrogen (secondary N) is 2. The molecule has 2 unspecified atom stereocenters. The number of benzene rings is 3. The summed E-state index contributed by atoms with van der Waals surface area (Å²) in [6, 6.07) is 25.4. The van der Waals surface area contributed by atoms with Gasteiger partial charge in [-0.25, -0.2) is 4.79 Å². The third-order valence-electron chi connectivity index (χ3n) is 8.50. The van der Waals surface area contributed by atoms with Crippen molar-refractivity contribution in [2.75, 3.05) is 13.2 Å². The fraction of sp³-hybridized carbons (Fsp3) is 0.400. The number of amides is 1. The Hall–Kier alpha value is -3.43. The van der Waals surface area contributed by atoms with E-state index in [9.17, 15) is 9.90 Å². The van der Waals surface area contributed by atoms with Crippen LogP contribution in [0, 0.1) is 0 Å². The van der Waals surface area contributed by atoms with Gasteiger partial charge >= 0.3 is 6.09 Å². The number of hydrogen-bond donors (Lipinski definition) is 3. The topological polar surface area (TPSA) is 89.0 Å². The number of fused-ring (bicyclic) bond motifs is 1. The van der Waals surface area contributed by atoms with Crippen molar-refractivity contribution >= 4 is 14.4 Å². The molecule has 8 heteroatoms. The lowest BCUT2D eigenvalue weighted by Crippen LogP contribution is -2.55. The minimum atomic E-state index is -2.26. The molecule has 0 aromatic heterocycles. The highest BCUT2D eigenvalue weighted by atomic mass is 28.4. The van der Waals surface area contributed by atoms with Crippen LogP contribution in [0.15, 0.2) is 91.5 Å². The fourth-order valence-electron chi connectivity index (χ4n) is 5.22. The summed E-state index contributed by atoms with van der Waals surface area (Å²) in [5, 5.41) is 16.3. The summed E-state index contributed by atoms with van der Waals surface area (Å²) in [6.07, 6.45) is 1.49. The maximum Gasteiger partial charge on any atom is 0.404 e. The molecule has 4 rings (SSSR count). The Bertz CT molecular complexity index is 1340. The van der Waals surface area contributed by atoms with Gasteiger partial charge in [-0.05, 0) is 71.9 Å². The first-order chi connectivity index (χ1) is 20.5. The van der Waals surface area contributed by atoms with Crippen molar-refractivity contribution in [1.29, 1.82) is 0 Å². The van der Waals surface area contributed by atoms with E-state index in [1.54, 1.807) is 6.08 Å². The van der Waals surface area contributed by atoms with Crippen LogP contribution in [0.4, 0.5) is 4.79 Å². The third kappa shape index (κ3) is 8.80. The highest BCUT2D eigenvalue weighted by Gasteiger charge is 2.42. The van der Waals surface area contributed by atoms with Crippen LogP contribution in [0.2, 0.25) is 18.1 Å². The van der Waals surface area contributed by atoms with E-state index in [4.69, 9.17) is 13.9 Å². The Kier molecular flexibility index (Phi) is 10.8. The minimum Gasteiger partial charge on any atom is -0.465 e. The maximum absolute atomic E-state index is 12.0. The predicted molar refractivity (Wildman–Crippen MR) is 174 cm³/mol. The first kappa shape index (κ1) is 32.5. The minimum absolute atomic E-state index is 0.0307. The molecule has 0 fully saturated rings. The smallest absolute Gasteiger partial charge is 0.404 e. The monoisotopic (exact) mass is 602 g/mol. The Morgan fingerprint density at radius 2 is 1.70 bits per heavy atom. The molecule has 0 saturated heterocycles. The number of carboxylic acid groups (broad SMARTS) is 1. The molecule has 0 aliphatic heterocycles. The van der Waals surface area contributed by atoms with Crippen LogP contribution in [-0.2, 0) is 15.6 Å². The molecule has 3 aromatic rings. The second-order valence-electron chi connectivity index (χ2n) is 12.7. The van der Waals surface area contributed by atoms with E-state index < -0.39 is 26.6 Å². The van der Waals surface area contributed by atoms with Crippen LogP contribution in [-0.4, -0.2) is 44.8 Å². The molecule has 1 amide bonds. The van der Waals surface area contributed by atoms with Crippen LogP contribution in [0.25, 0.3) is 0 Å². The highest BCUT2D eigenvalue weighted by Crippen LogP contribution is 2.43. The number of rotatable bonds is 14. The van der Waals surface area contributed by atoms with Crippen LogP contribution < -0.4 is 15.4 Å². The summed E-state index contributed by atoms with van der Waals surface area (Å²) in [5.74, 6) is 1.53. The van der Waals surface area contributed by atoms with Crippen molar-refractivity contribution in [1.82, 2.24) is 10.6 Å². The fourth-order valence-corrected chi connectivity index (χ4v) is 6.58. The van der Waals surface area contributed by atoms with Crippen molar-refractivity contribution in [2.24, 2.45) is 0 Å². The molecule has 1 aliphatic rings. The van der Waals surface area contributed by atoms with Gasteiger partial charge in [0, 0.05) is 12.6 Å². The molecule has 0 heterocycles. The van der Waals surface area contributed by atoms with Gasteiger partial charge in [0.1, 0.15) is 11.5 Å². The first-order valence-electron chi connectivity index (χ1n) is 15.0. The quantitative estimate of drug-likeness (QED) is 0.128. The number of hydrogen-bond acceptors (Lipinski definition) is 5. The zero-order valence-electron chi connectivity index (χ0n) is 26.0. The molecule has 43 heavy (non-hydrogen) atoms. The van der Waals surface area contributed by atoms with Gasteiger partial charge in [0.25, 0.3) is 0 Å². The van der Waals surface area contributed by atoms with Gasteiger partial charge in [-0.2, -0.15) is 0 Å². The summed E-state index contributed by atoms with van der Waals surface area (Å²) in [4.78, 5) is 12.0.